The van der Waals surface area contributed by atoms with E-state index in [0.717, 1.165) is 19.3 Å². The molecule has 90 valence electrons. The number of nitrogens with two attached hydrogens (primary N) is 1. The minimum absolute atomic E-state index is 0.143. The van der Waals surface area contributed by atoms with Crippen LogP contribution in [0.25, 0.3) is 0 Å². The normalized spacial score (nSPS) is 17.7. The maximum Gasteiger partial charge on any atom is 0.230 e. The number of hydrogen-bond donors (Lipinski definition) is 1. The first-order chi connectivity index (χ1) is 7.57. The third-order valence-electron chi connectivity index (χ3n) is 3.50. The van der Waals surface area contributed by atoms with Gasteiger partial charge in [-0.25, -0.2) is 0 Å². The van der Waals surface area contributed by atoms with Crippen LogP contribution in [0.2, 0.25) is 0 Å². The van der Waals surface area contributed by atoms with Crippen LogP contribution < -0.4 is 5.73 Å². The molecule has 0 aromatic heterocycles. The summed E-state index contributed by atoms with van der Waals surface area (Å²) >= 11 is 0. The van der Waals surface area contributed by atoms with Crippen molar-refractivity contribution in [2.24, 2.45) is 11.1 Å². The lowest BCUT2D eigenvalue weighted by Crippen LogP contribution is -2.54. The summed E-state index contributed by atoms with van der Waals surface area (Å²) in [6.45, 7) is 4.92. The molecule has 0 unspecified atom stereocenters. The Morgan fingerprint density at radius 1 is 1.56 bits per heavy atom. The Kier molecular flexibility index (Phi) is 4.31. The molecule has 1 aliphatic rings. The zero-order valence-electron chi connectivity index (χ0n) is 10.2. The van der Waals surface area contributed by atoms with E-state index in [-0.39, 0.29) is 17.4 Å². The molecule has 16 heavy (non-hydrogen) atoms. The second-order valence-corrected chi connectivity index (χ2v) is 4.84. The van der Waals surface area contributed by atoms with Gasteiger partial charge < -0.3 is 10.6 Å². The van der Waals surface area contributed by atoms with Gasteiger partial charge in [0.25, 0.3) is 0 Å². The monoisotopic (exact) mass is 223 g/mol. The number of hydrogen-bond acceptors (Lipinski definition) is 3. The van der Waals surface area contributed by atoms with Gasteiger partial charge in [0.2, 0.25) is 5.91 Å². The third kappa shape index (κ3) is 2.35. The van der Waals surface area contributed by atoms with E-state index in [0.29, 0.717) is 19.5 Å². The highest BCUT2D eigenvalue weighted by Gasteiger charge is 2.45. The maximum absolute atomic E-state index is 12.4. The maximum atomic E-state index is 12.4. The molecule has 1 aliphatic carbocycles. The zero-order chi connectivity index (χ0) is 12.2. The summed E-state index contributed by atoms with van der Waals surface area (Å²) in [4.78, 5) is 14.2. The van der Waals surface area contributed by atoms with E-state index in [1.54, 1.807) is 4.90 Å². The molecule has 0 saturated heterocycles. The van der Waals surface area contributed by atoms with Gasteiger partial charge in [0, 0.05) is 19.1 Å². The lowest BCUT2D eigenvalue weighted by atomic mass is 9.67. The number of rotatable bonds is 5. The highest BCUT2D eigenvalue weighted by atomic mass is 16.2. The van der Waals surface area contributed by atoms with Gasteiger partial charge in [0.1, 0.15) is 0 Å². The first kappa shape index (κ1) is 13.0. The Balaban J connectivity index is 2.70. The second-order valence-electron chi connectivity index (χ2n) is 4.84. The Bertz CT molecular complexity index is 284. The number of carbonyl (C=O) groups is 1. The summed E-state index contributed by atoms with van der Waals surface area (Å²) < 4.78 is 0. The van der Waals surface area contributed by atoms with Crippen molar-refractivity contribution in [1.29, 1.82) is 5.26 Å². The van der Waals surface area contributed by atoms with Gasteiger partial charge in [-0.05, 0) is 26.7 Å². The molecule has 4 nitrogen and oxygen atoms in total. The Labute approximate surface area is 97.4 Å². The van der Waals surface area contributed by atoms with Crippen LogP contribution in [0.1, 0.15) is 39.5 Å². The van der Waals surface area contributed by atoms with Crippen molar-refractivity contribution >= 4 is 5.91 Å². The smallest absolute Gasteiger partial charge is 0.230 e. The molecular formula is C12H21N3O. The Morgan fingerprint density at radius 3 is 2.50 bits per heavy atom. The van der Waals surface area contributed by atoms with Gasteiger partial charge in [-0.15, -0.1) is 0 Å². The highest BCUT2D eigenvalue weighted by molar-refractivity contribution is 5.84. The molecule has 0 heterocycles. The minimum atomic E-state index is -0.320. The zero-order valence-corrected chi connectivity index (χ0v) is 10.2. The van der Waals surface area contributed by atoms with E-state index in [2.05, 4.69) is 6.07 Å². The van der Waals surface area contributed by atoms with Crippen molar-refractivity contribution in [2.75, 3.05) is 13.1 Å². The molecule has 0 aromatic rings. The van der Waals surface area contributed by atoms with Gasteiger partial charge in [0.15, 0.2) is 0 Å². The van der Waals surface area contributed by atoms with Gasteiger partial charge in [0.05, 0.1) is 17.9 Å². The van der Waals surface area contributed by atoms with Crippen molar-refractivity contribution in [3.05, 3.63) is 0 Å². The molecule has 0 spiro atoms. The SMILES string of the molecule is CC(C)N(CCC#N)C(=O)C1(CN)CCC1. The van der Waals surface area contributed by atoms with Crippen molar-refractivity contribution in [1.82, 2.24) is 4.90 Å². The summed E-state index contributed by atoms with van der Waals surface area (Å²) in [6, 6.07) is 2.23. The summed E-state index contributed by atoms with van der Waals surface area (Å²) in [7, 11) is 0. The minimum Gasteiger partial charge on any atom is -0.339 e. The number of nitriles is 1. The average molecular weight is 223 g/mol. The van der Waals surface area contributed by atoms with Crippen LogP contribution in [0.5, 0.6) is 0 Å². The quantitative estimate of drug-likeness (QED) is 0.763. The summed E-state index contributed by atoms with van der Waals surface area (Å²) in [5.41, 5.74) is 5.40. The first-order valence-electron chi connectivity index (χ1n) is 5.95. The molecular weight excluding hydrogens is 202 g/mol. The average Bonchev–Trinajstić information content (AvgIpc) is 2.17. The fourth-order valence-corrected chi connectivity index (χ4v) is 2.18. The predicted molar refractivity (Wildman–Crippen MR) is 62.4 cm³/mol. The molecule has 4 heteroatoms. The molecule has 2 N–H and O–H groups in total. The standard InChI is InChI=1S/C12H21N3O/c1-10(2)15(8-4-7-13)11(16)12(9-14)5-3-6-12/h10H,3-6,8-9,14H2,1-2H3. The van der Waals surface area contributed by atoms with Crippen LogP contribution in [-0.2, 0) is 4.79 Å². The number of carbonyl (C=O) groups excluding carboxylic acids is 1. The summed E-state index contributed by atoms with van der Waals surface area (Å²) in [5.74, 6) is 0.145. The fourth-order valence-electron chi connectivity index (χ4n) is 2.18. The molecule has 0 bridgehead atoms. The summed E-state index contributed by atoms with van der Waals surface area (Å²) in [6.07, 6.45) is 3.29. The van der Waals surface area contributed by atoms with Crippen LogP contribution in [0.3, 0.4) is 0 Å². The van der Waals surface area contributed by atoms with Crippen LogP contribution in [0.4, 0.5) is 0 Å². The van der Waals surface area contributed by atoms with Crippen LogP contribution in [-0.4, -0.2) is 29.9 Å². The van der Waals surface area contributed by atoms with Crippen LogP contribution in [0, 0.1) is 16.7 Å². The van der Waals surface area contributed by atoms with E-state index in [1.165, 1.54) is 0 Å². The lowest BCUT2D eigenvalue weighted by molar-refractivity contribution is -0.148. The molecule has 0 radical (unpaired) electrons. The molecule has 1 saturated carbocycles. The van der Waals surface area contributed by atoms with Gasteiger partial charge in [-0.3, -0.25) is 4.79 Å². The number of amides is 1. The Hall–Kier alpha value is -1.08. The molecule has 0 aliphatic heterocycles. The van der Waals surface area contributed by atoms with E-state index >= 15 is 0 Å². The van der Waals surface area contributed by atoms with Gasteiger partial charge in [-0.1, -0.05) is 6.42 Å². The van der Waals surface area contributed by atoms with Gasteiger partial charge >= 0.3 is 0 Å². The third-order valence-corrected chi connectivity index (χ3v) is 3.50. The number of nitrogens with zero attached hydrogens (tertiary/aromatic N) is 2. The van der Waals surface area contributed by atoms with E-state index in [4.69, 9.17) is 11.0 Å². The van der Waals surface area contributed by atoms with Crippen molar-refractivity contribution < 1.29 is 4.79 Å². The topological polar surface area (TPSA) is 70.1 Å². The van der Waals surface area contributed by atoms with Gasteiger partial charge in [-0.2, -0.15) is 5.26 Å². The predicted octanol–water partition coefficient (Wildman–Crippen LogP) is 1.27. The second kappa shape index (κ2) is 5.31. The lowest BCUT2D eigenvalue weighted by Gasteiger charge is -2.43. The van der Waals surface area contributed by atoms with Crippen molar-refractivity contribution in [3.8, 4) is 6.07 Å². The van der Waals surface area contributed by atoms with Crippen molar-refractivity contribution in [3.63, 3.8) is 0 Å². The molecule has 1 amide bonds. The largest absolute Gasteiger partial charge is 0.339 e. The Morgan fingerprint density at radius 2 is 2.19 bits per heavy atom. The molecule has 1 fully saturated rings. The summed E-state index contributed by atoms with van der Waals surface area (Å²) in [5, 5.41) is 8.60. The van der Waals surface area contributed by atoms with E-state index in [1.807, 2.05) is 13.8 Å². The first-order valence-corrected chi connectivity index (χ1v) is 5.95. The fraction of sp³-hybridized carbons (Fsp3) is 0.833. The van der Waals surface area contributed by atoms with Crippen molar-refractivity contribution in [2.45, 2.75) is 45.6 Å². The van der Waals surface area contributed by atoms with E-state index < -0.39 is 0 Å². The molecule has 0 atom stereocenters. The highest BCUT2D eigenvalue weighted by Crippen LogP contribution is 2.41. The molecule has 0 aromatic carbocycles. The molecule has 1 rings (SSSR count). The van der Waals surface area contributed by atoms with Crippen LogP contribution in [0.15, 0.2) is 0 Å². The van der Waals surface area contributed by atoms with E-state index in [9.17, 15) is 4.79 Å². The van der Waals surface area contributed by atoms with Crippen LogP contribution >= 0.6 is 0 Å².